The number of carbonyl (C=O) groups is 2. The van der Waals surface area contributed by atoms with E-state index in [2.05, 4.69) is 0 Å². The fourth-order valence-electron chi connectivity index (χ4n) is 2.68. The van der Waals surface area contributed by atoms with E-state index < -0.39 is 0 Å². The van der Waals surface area contributed by atoms with Crippen LogP contribution < -0.4 is 0 Å². The minimum absolute atomic E-state index is 0.182. The molecule has 1 aliphatic heterocycles. The Labute approximate surface area is 134 Å². The van der Waals surface area contributed by atoms with Crippen LogP contribution in [-0.2, 0) is 12.3 Å². The number of nitrogens with zero attached hydrogens (tertiary/aromatic N) is 1. The van der Waals surface area contributed by atoms with Crippen molar-refractivity contribution in [3.05, 3.63) is 70.8 Å². The maximum Gasteiger partial charge on any atom is 0.261 e. The van der Waals surface area contributed by atoms with Gasteiger partial charge in [-0.15, -0.1) is 11.6 Å². The maximum atomic E-state index is 12.2. The minimum atomic E-state index is -0.182. The Balaban J connectivity index is 1.60. The maximum absolute atomic E-state index is 12.2. The van der Waals surface area contributed by atoms with Gasteiger partial charge in [-0.05, 0) is 36.1 Å². The summed E-state index contributed by atoms with van der Waals surface area (Å²) in [6.07, 6.45) is 1.58. The van der Waals surface area contributed by atoms with Crippen molar-refractivity contribution in [2.75, 3.05) is 6.54 Å². The number of halogens is 1. The molecule has 112 valence electrons. The Morgan fingerprint density at radius 2 is 1.36 bits per heavy atom. The SMILES string of the molecule is O=C1c2ccccc2C(=O)N1CCCc1ccc(CCl)cc1. The number of alkyl halides is 1. The van der Waals surface area contributed by atoms with Crippen molar-refractivity contribution in [3.8, 4) is 0 Å². The predicted molar refractivity (Wildman–Crippen MR) is 86.1 cm³/mol. The van der Waals surface area contributed by atoms with Crippen molar-refractivity contribution in [1.29, 1.82) is 0 Å². The highest BCUT2D eigenvalue weighted by atomic mass is 35.5. The van der Waals surface area contributed by atoms with Crippen LogP contribution in [0.15, 0.2) is 48.5 Å². The third-order valence-corrected chi connectivity index (χ3v) is 4.21. The van der Waals surface area contributed by atoms with Gasteiger partial charge < -0.3 is 0 Å². The van der Waals surface area contributed by atoms with Crippen molar-refractivity contribution in [2.24, 2.45) is 0 Å². The number of benzene rings is 2. The lowest BCUT2D eigenvalue weighted by Gasteiger charge is -2.13. The lowest BCUT2D eigenvalue weighted by Crippen LogP contribution is -2.30. The van der Waals surface area contributed by atoms with Crippen LogP contribution in [-0.4, -0.2) is 23.3 Å². The summed E-state index contributed by atoms with van der Waals surface area (Å²) >= 11 is 5.76. The number of amides is 2. The zero-order chi connectivity index (χ0) is 15.5. The molecule has 2 amide bonds. The molecule has 0 atom stereocenters. The van der Waals surface area contributed by atoms with Gasteiger partial charge in [0.2, 0.25) is 0 Å². The molecule has 3 nitrogen and oxygen atoms in total. The molecule has 0 radical (unpaired) electrons. The summed E-state index contributed by atoms with van der Waals surface area (Å²) in [7, 11) is 0. The number of hydrogen-bond acceptors (Lipinski definition) is 2. The van der Waals surface area contributed by atoms with E-state index in [0.717, 1.165) is 18.4 Å². The second-order valence-electron chi connectivity index (χ2n) is 5.36. The highest BCUT2D eigenvalue weighted by molar-refractivity contribution is 6.21. The van der Waals surface area contributed by atoms with Gasteiger partial charge >= 0.3 is 0 Å². The van der Waals surface area contributed by atoms with Gasteiger partial charge in [-0.25, -0.2) is 0 Å². The first-order valence-corrected chi connectivity index (χ1v) is 7.83. The van der Waals surface area contributed by atoms with Crippen LogP contribution in [0.1, 0.15) is 38.3 Å². The monoisotopic (exact) mass is 313 g/mol. The van der Waals surface area contributed by atoms with Crippen molar-refractivity contribution >= 4 is 23.4 Å². The molecule has 1 heterocycles. The van der Waals surface area contributed by atoms with Gasteiger partial charge in [-0.2, -0.15) is 0 Å². The van der Waals surface area contributed by atoms with Gasteiger partial charge in [-0.1, -0.05) is 36.4 Å². The average molecular weight is 314 g/mol. The molecule has 0 unspecified atom stereocenters. The molecule has 22 heavy (non-hydrogen) atoms. The predicted octanol–water partition coefficient (Wildman–Crippen LogP) is 3.65. The standard InChI is InChI=1S/C18H16ClNO2/c19-12-14-9-7-13(8-10-14)4-3-11-20-17(21)15-5-1-2-6-16(15)18(20)22/h1-2,5-10H,3-4,11-12H2. The number of fused-ring (bicyclic) bond motifs is 1. The number of carbonyl (C=O) groups excluding carboxylic acids is 2. The molecule has 0 aromatic heterocycles. The third-order valence-electron chi connectivity index (χ3n) is 3.90. The molecule has 0 fully saturated rings. The molecule has 2 aromatic carbocycles. The van der Waals surface area contributed by atoms with E-state index in [-0.39, 0.29) is 11.8 Å². The Morgan fingerprint density at radius 1 is 0.818 bits per heavy atom. The zero-order valence-electron chi connectivity index (χ0n) is 12.1. The summed E-state index contributed by atoms with van der Waals surface area (Å²) in [5.41, 5.74) is 3.30. The third kappa shape index (κ3) is 2.77. The van der Waals surface area contributed by atoms with E-state index in [1.54, 1.807) is 24.3 Å². The Hall–Kier alpha value is -2.13. The van der Waals surface area contributed by atoms with Crippen molar-refractivity contribution in [3.63, 3.8) is 0 Å². The molecule has 0 bridgehead atoms. The van der Waals surface area contributed by atoms with Gasteiger partial charge in [0.05, 0.1) is 11.1 Å². The van der Waals surface area contributed by atoms with E-state index in [4.69, 9.17) is 11.6 Å². The lowest BCUT2D eigenvalue weighted by atomic mass is 10.1. The topological polar surface area (TPSA) is 37.4 Å². The van der Waals surface area contributed by atoms with E-state index in [0.29, 0.717) is 23.6 Å². The molecule has 0 saturated heterocycles. The first-order chi connectivity index (χ1) is 10.7. The highest BCUT2D eigenvalue weighted by Gasteiger charge is 2.34. The van der Waals surface area contributed by atoms with Crippen LogP contribution in [0.5, 0.6) is 0 Å². The van der Waals surface area contributed by atoms with Crippen molar-refractivity contribution < 1.29 is 9.59 Å². The first kappa shape index (κ1) is 14.8. The molecule has 0 N–H and O–H groups in total. The van der Waals surface area contributed by atoms with Gasteiger partial charge in [0.1, 0.15) is 0 Å². The van der Waals surface area contributed by atoms with Gasteiger partial charge in [0.15, 0.2) is 0 Å². The first-order valence-electron chi connectivity index (χ1n) is 7.29. The van der Waals surface area contributed by atoms with Crippen LogP contribution in [0.4, 0.5) is 0 Å². The summed E-state index contributed by atoms with van der Waals surface area (Å²) in [6.45, 7) is 0.448. The van der Waals surface area contributed by atoms with Crippen LogP contribution in [0.2, 0.25) is 0 Å². The van der Waals surface area contributed by atoms with E-state index in [1.807, 2.05) is 24.3 Å². The van der Waals surface area contributed by atoms with E-state index >= 15 is 0 Å². The number of rotatable bonds is 5. The summed E-state index contributed by atoms with van der Waals surface area (Å²) < 4.78 is 0. The second kappa shape index (κ2) is 6.32. The van der Waals surface area contributed by atoms with Gasteiger partial charge in [0.25, 0.3) is 11.8 Å². The summed E-state index contributed by atoms with van der Waals surface area (Å²) in [4.78, 5) is 25.8. The Morgan fingerprint density at radius 3 is 1.91 bits per heavy atom. The molecule has 3 rings (SSSR count). The van der Waals surface area contributed by atoms with Crippen LogP contribution >= 0.6 is 11.6 Å². The molecule has 1 aliphatic rings. The average Bonchev–Trinajstić information content (AvgIpc) is 2.81. The smallest absolute Gasteiger partial charge is 0.261 e. The second-order valence-corrected chi connectivity index (χ2v) is 5.63. The molecule has 4 heteroatoms. The van der Waals surface area contributed by atoms with Gasteiger partial charge in [-0.3, -0.25) is 14.5 Å². The summed E-state index contributed by atoms with van der Waals surface area (Å²) in [5.74, 6) is 0.145. The number of aryl methyl sites for hydroxylation is 1. The molecule has 2 aromatic rings. The number of hydrogen-bond donors (Lipinski definition) is 0. The highest BCUT2D eigenvalue weighted by Crippen LogP contribution is 2.22. The molecular formula is C18H16ClNO2. The number of imide groups is 1. The van der Waals surface area contributed by atoms with Gasteiger partial charge in [0, 0.05) is 12.4 Å². The Kier molecular flexibility index (Phi) is 4.25. The summed E-state index contributed by atoms with van der Waals surface area (Å²) in [6, 6.07) is 15.1. The van der Waals surface area contributed by atoms with Crippen LogP contribution in [0.3, 0.4) is 0 Å². The Bertz CT molecular complexity index is 674. The van der Waals surface area contributed by atoms with Crippen LogP contribution in [0.25, 0.3) is 0 Å². The van der Waals surface area contributed by atoms with E-state index in [9.17, 15) is 9.59 Å². The fraction of sp³-hybridized carbons (Fsp3) is 0.222. The lowest BCUT2D eigenvalue weighted by molar-refractivity contribution is 0.0652. The van der Waals surface area contributed by atoms with Crippen molar-refractivity contribution in [2.45, 2.75) is 18.7 Å². The van der Waals surface area contributed by atoms with Crippen molar-refractivity contribution in [1.82, 2.24) is 4.90 Å². The largest absolute Gasteiger partial charge is 0.274 e. The molecule has 0 saturated carbocycles. The van der Waals surface area contributed by atoms with E-state index in [1.165, 1.54) is 10.5 Å². The summed E-state index contributed by atoms with van der Waals surface area (Å²) in [5, 5.41) is 0. The fourth-order valence-corrected chi connectivity index (χ4v) is 2.86. The normalized spacial score (nSPS) is 13.6. The molecule has 0 spiro atoms. The van der Waals surface area contributed by atoms with Crippen LogP contribution in [0, 0.1) is 0 Å². The molecule has 0 aliphatic carbocycles. The minimum Gasteiger partial charge on any atom is -0.274 e. The molecular weight excluding hydrogens is 298 g/mol. The quantitative estimate of drug-likeness (QED) is 0.624. The zero-order valence-corrected chi connectivity index (χ0v) is 12.8.